The van der Waals surface area contributed by atoms with Crippen LogP contribution in [0.5, 0.6) is 0 Å². The Morgan fingerprint density at radius 2 is 1.32 bits per heavy atom. The van der Waals surface area contributed by atoms with Crippen LogP contribution in [0.25, 0.3) is 28.1 Å². The summed E-state index contributed by atoms with van der Waals surface area (Å²) in [4.78, 5) is 5.14. The predicted octanol–water partition coefficient (Wildman–Crippen LogP) is 8.37. The minimum Gasteiger partial charge on any atom is -0.292 e. The fourth-order valence-corrected chi connectivity index (χ4v) is 4.37. The van der Waals surface area contributed by atoms with E-state index in [0.717, 1.165) is 16.9 Å². The molecule has 4 rings (SSSR count). The number of imidazole rings is 1. The van der Waals surface area contributed by atoms with Crippen LogP contribution in [-0.4, -0.2) is 9.55 Å². The number of hydrogen-bond acceptors (Lipinski definition) is 1. The van der Waals surface area contributed by atoms with Crippen LogP contribution < -0.4 is 0 Å². The second-order valence-corrected chi connectivity index (χ2v) is 9.64. The Balaban J connectivity index is 2.16. The van der Waals surface area contributed by atoms with E-state index in [2.05, 4.69) is 114 Å². The van der Waals surface area contributed by atoms with Gasteiger partial charge in [0.25, 0.3) is 0 Å². The van der Waals surface area contributed by atoms with Crippen molar-refractivity contribution in [3.63, 3.8) is 0 Å². The molecule has 0 radical (unpaired) electrons. The van der Waals surface area contributed by atoms with Crippen molar-refractivity contribution in [2.75, 3.05) is 0 Å². The number of aryl methyl sites for hydroxylation is 1. The van der Waals surface area contributed by atoms with Gasteiger partial charge in [-0.3, -0.25) is 4.57 Å². The SMILES string of the molecule is Cc1ccc2c(c1)nc(-c1ccccc1)n2-c1c(C(C)C)cc(C(C)C)cc1C(C)C. The monoisotopic (exact) mass is 410 g/mol. The molecule has 0 spiro atoms. The smallest absolute Gasteiger partial charge is 0.145 e. The Hall–Kier alpha value is -2.87. The molecule has 160 valence electrons. The van der Waals surface area contributed by atoms with Crippen LogP contribution in [-0.2, 0) is 0 Å². The van der Waals surface area contributed by atoms with Gasteiger partial charge >= 0.3 is 0 Å². The molecular formula is C29H34N2. The minimum atomic E-state index is 0.415. The van der Waals surface area contributed by atoms with E-state index in [0.29, 0.717) is 17.8 Å². The highest BCUT2D eigenvalue weighted by Gasteiger charge is 2.23. The number of rotatable bonds is 5. The molecule has 0 bridgehead atoms. The zero-order valence-electron chi connectivity index (χ0n) is 19.9. The second-order valence-electron chi connectivity index (χ2n) is 9.64. The summed E-state index contributed by atoms with van der Waals surface area (Å²) in [5, 5.41) is 0. The van der Waals surface area contributed by atoms with Crippen LogP contribution in [0, 0.1) is 6.92 Å². The van der Waals surface area contributed by atoms with Gasteiger partial charge in [0.1, 0.15) is 5.82 Å². The minimum absolute atomic E-state index is 0.415. The van der Waals surface area contributed by atoms with Crippen LogP contribution in [0.3, 0.4) is 0 Å². The number of hydrogen-bond donors (Lipinski definition) is 0. The molecule has 0 aliphatic carbocycles. The molecule has 0 aliphatic rings. The van der Waals surface area contributed by atoms with Crippen molar-refractivity contribution in [1.29, 1.82) is 0 Å². The molecule has 0 N–H and O–H groups in total. The molecular weight excluding hydrogens is 376 g/mol. The highest BCUT2D eigenvalue weighted by atomic mass is 15.1. The molecule has 0 fully saturated rings. The normalized spacial score (nSPS) is 11.9. The number of nitrogens with zero attached hydrogens (tertiary/aromatic N) is 2. The summed E-state index contributed by atoms with van der Waals surface area (Å²) in [6.07, 6.45) is 0. The quantitative estimate of drug-likeness (QED) is 0.323. The molecule has 0 atom stereocenters. The first-order valence-corrected chi connectivity index (χ1v) is 11.5. The lowest BCUT2D eigenvalue weighted by atomic mass is 9.87. The van der Waals surface area contributed by atoms with E-state index in [9.17, 15) is 0 Å². The first-order chi connectivity index (χ1) is 14.8. The van der Waals surface area contributed by atoms with Crippen LogP contribution >= 0.6 is 0 Å². The first kappa shape index (κ1) is 21.4. The molecule has 0 amide bonds. The maximum Gasteiger partial charge on any atom is 0.145 e. The van der Waals surface area contributed by atoms with E-state index >= 15 is 0 Å². The molecule has 1 heterocycles. The highest BCUT2D eigenvalue weighted by Crippen LogP contribution is 2.39. The van der Waals surface area contributed by atoms with E-state index < -0.39 is 0 Å². The molecule has 1 aromatic heterocycles. The van der Waals surface area contributed by atoms with Crippen molar-refractivity contribution in [1.82, 2.24) is 9.55 Å². The third-order valence-corrected chi connectivity index (χ3v) is 6.17. The molecule has 0 saturated carbocycles. The van der Waals surface area contributed by atoms with Gasteiger partial charge in [-0.05, 0) is 59.1 Å². The van der Waals surface area contributed by atoms with Crippen molar-refractivity contribution in [3.05, 3.63) is 82.9 Å². The van der Waals surface area contributed by atoms with Crippen LogP contribution in [0.4, 0.5) is 0 Å². The van der Waals surface area contributed by atoms with Gasteiger partial charge in [-0.25, -0.2) is 4.98 Å². The predicted molar refractivity (Wildman–Crippen MR) is 134 cm³/mol. The molecule has 0 saturated heterocycles. The van der Waals surface area contributed by atoms with Crippen LogP contribution in [0.2, 0.25) is 0 Å². The molecule has 2 nitrogen and oxygen atoms in total. The lowest BCUT2D eigenvalue weighted by Crippen LogP contribution is -2.10. The topological polar surface area (TPSA) is 17.8 Å². The second kappa shape index (κ2) is 8.34. The van der Waals surface area contributed by atoms with Crippen molar-refractivity contribution in [3.8, 4) is 17.1 Å². The molecule has 2 heteroatoms. The average molecular weight is 411 g/mol. The van der Waals surface area contributed by atoms with E-state index in [4.69, 9.17) is 4.98 Å². The Morgan fingerprint density at radius 3 is 1.87 bits per heavy atom. The third kappa shape index (κ3) is 3.92. The van der Waals surface area contributed by atoms with Crippen LogP contribution in [0.1, 0.15) is 81.5 Å². The van der Waals surface area contributed by atoms with Gasteiger partial charge in [0.2, 0.25) is 0 Å². The van der Waals surface area contributed by atoms with E-state index in [1.54, 1.807) is 0 Å². The van der Waals surface area contributed by atoms with Gasteiger partial charge in [0.05, 0.1) is 16.7 Å². The highest BCUT2D eigenvalue weighted by molar-refractivity contribution is 5.85. The largest absolute Gasteiger partial charge is 0.292 e. The van der Waals surface area contributed by atoms with Gasteiger partial charge < -0.3 is 0 Å². The number of fused-ring (bicyclic) bond motifs is 1. The third-order valence-electron chi connectivity index (χ3n) is 6.17. The molecule has 0 unspecified atom stereocenters. The van der Waals surface area contributed by atoms with Crippen molar-refractivity contribution >= 4 is 11.0 Å². The van der Waals surface area contributed by atoms with Gasteiger partial charge in [-0.15, -0.1) is 0 Å². The Labute approximate surface area is 187 Å². The number of aromatic nitrogens is 2. The first-order valence-electron chi connectivity index (χ1n) is 11.5. The Kier molecular flexibility index (Phi) is 5.75. The molecule has 3 aromatic carbocycles. The van der Waals surface area contributed by atoms with Crippen molar-refractivity contribution in [2.24, 2.45) is 0 Å². The van der Waals surface area contributed by atoms with E-state index in [1.165, 1.54) is 33.5 Å². The summed E-state index contributed by atoms with van der Waals surface area (Å²) < 4.78 is 2.42. The number of benzene rings is 3. The summed E-state index contributed by atoms with van der Waals surface area (Å²) in [5.74, 6) is 2.34. The maximum absolute atomic E-state index is 5.14. The summed E-state index contributed by atoms with van der Waals surface area (Å²) in [7, 11) is 0. The van der Waals surface area contributed by atoms with Crippen molar-refractivity contribution in [2.45, 2.75) is 66.2 Å². The van der Waals surface area contributed by atoms with Gasteiger partial charge in [-0.1, -0.05) is 90.1 Å². The standard InChI is InChI=1S/C29H34N2/c1-18(2)23-16-24(19(3)4)28(25(17-23)20(5)6)31-27-14-13-21(7)15-26(27)30-29(31)22-11-9-8-10-12-22/h8-20H,1-7H3. The zero-order chi connectivity index (χ0) is 22.3. The van der Waals surface area contributed by atoms with Gasteiger partial charge in [0.15, 0.2) is 0 Å². The summed E-state index contributed by atoms with van der Waals surface area (Å²) in [6, 6.07) is 22.1. The summed E-state index contributed by atoms with van der Waals surface area (Å²) in [5.41, 5.74) is 10.1. The molecule has 0 aliphatic heterocycles. The zero-order valence-corrected chi connectivity index (χ0v) is 19.9. The van der Waals surface area contributed by atoms with Crippen molar-refractivity contribution < 1.29 is 0 Å². The molecule has 4 aromatic rings. The van der Waals surface area contributed by atoms with E-state index in [-0.39, 0.29) is 0 Å². The maximum atomic E-state index is 5.14. The lowest BCUT2D eigenvalue weighted by Gasteiger charge is -2.25. The lowest BCUT2D eigenvalue weighted by molar-refractivity contribution is 0.788. The van der Waals surface area contributed by atoms with Gasteiger partial charge in [-0.2, -0.15) is 0 Å². The van der Waals surface area contributed by atoms with Gasteiger partial charge in [0, 0.05) is 5.56 Å². The van der Waals surface area contributed by atoms with E-state index in [1.807, 2.05) is 0 Å². The Bertz CT molecular complexity index is 1180. The van der Waals surface area contributed by atoms with Crippen LogP contribution in [0.15, 0.2) is 60.7 Å². The fourth-order valence-electron chi connectivity index (χ4n) is 4.37. The average Bonchev–Trinajstić information content (AvgIpc) is 3.11. The summed E-state index contributed by atoms with van der Waals surface area (Å²) >= 11 is 0. The summed E-state index contributed by atoms with van der Waals surface area (Å²) in [6.45, 7) is 15.9. The molecule has 31 heavy (non-hydrogen) atoms. The Morgan fingerprint density at radius 1 is 0.710 bits per heavy atom. The fraction of sp³-hybridized carbons (Fsp3) is 0.345.